The van der Waals surface area contributed by atoms with Crippen molar-refractivity contribution >= 4 is 18.0 Å². The van der Waals surface area contributed by atoms with E-state index in [0.29, 0.717) is 17.1 Å². The highest BCUT2D eigenvalue weighted by molar-refractivity contribution is 5.95. The number of nitrogens with zero attached hydrogens (tertiary/aromatic N) is 1. The molecular formula is C17H17N3O4. The number of hydrogen-bond acceptors (Lipinski definition) is 5. The van der Waals surface area contributed by atoms with Gasteiger partial charge in [0.2, 0.25) is 0 Å². The first-order chi connectivity index (χ1) is 11.6. The summed E-state index contributed by atoms with van der Waals surface area (Å²) in [7, 11) is 1.53. The topological polar surface area (TPSA) is 103 Å². The Morgan fingerprint density at radius 2 is 1.92 bits per heavy atom. The second kappa shape index (κ2) is 8.33. The van der Waals surface area contributed by atoms with E-state index in [4.69, 9.17) is 15.2 Å². The highest BCUT2D eigenvalue weighted by Gasteiger charge is 2.05. The number of amides is 2. The van der Waals surface area contributed by atoms with Crippen LogP contribution in [0.1, 0.15) is 15.9 Å². The fourth-order valence-electron chi connectivity index (χ4n) is 1.80. The summed E-state index contributed by atoms with van der Waals surface area (Å²) in [5, 5.41) is 3.90. The Bertz CT molecular complexity index is 742. The number of hydrogen-bond donors (Lipinski definition) is 2. The summed E-state index contributed by atoms with van der Waals surface area (Å²) < 4.78 is 10.2. The summed E-state index contributed by atoms with van der Waals surface area (Å²) in [5.74, 6) is 0.233. The van der Waals surface area contributed by atoms with Gasteiger partial charge in [-0.05, 0) is 48.0 Å². The largest absolute Gasteiger partial charge is 0.497 e. The number of ether oxygens (including phenoxy) is 2. The second-order valence-electron chi connectivity index (χ2n) is 4.76. The van der Waals surface area contributed by atoms with Crippen LogP contribution >= 0.6 is 0 Å². The SMILES string of the molecule is COc1cccc(C(=O)N/N=C/c2ccc(OCC(N)=O)cc2)c1. The molecule has 0 saturated carbocycles. The average Bonchev–Trinajstić information content (AvgIpc) is 2.61. The minimum atomic E-state index is -0.541. The van der Waals surface area contributed by atoms with Crippen LogP contribution in [-0.4, -0.2) is 31.7 Å². The molecule has 0 aliphatic rings. The van der Waals surface area contributed by atoms with Gasteiger partial charge in [-0.15, -0.1) is 0 Å². The summed E-state index contributed by atoms with van der Waals surface area (Å²) in [6, 6.07) is 13.6. The van der Waals surface area contributed by atoms with Gasteiger partial charge in [0.25, 0.3) is 11.8 Å². The maximum atomic E-state index is 12.0. The van der Waals surface area contributed by atoms with E-state index in [1.54, 1.807) is 48.5 Å². The van der Waals surface area contributed by atoms with Crippen molar-refractivity contribution < 1.29 is 19.1 Å². The zero-order valence-electron chi connectivity index (χ0n) is 13.1. The molecule has 0 aliphatic carbocycles. The fourth-order valence-corrected chi connectivity index (χ4v) is 1.80. The van der Waals surface area contributed by atoms with E-state index in [-0.39, 0.29) is 12.5 Å². The van der Waals surface area contributed by atoms with Crippen molar-refractivity contribution in [1.29, 1.82) is 0 Å². The molecule has 0 unspecified atom stereocenters. The first-order valence-electron chi connectivity index (χ1n) is 7.07. The minimum absolute atomic E-state index is 0.177. The number of rotatable bonds is 7. The van der Waals surface area contributed by atoms with E-state index in [1.165, 1.54) is 13.3 Å². The van der Waals surface area contributed by atoms with Gasteiger partial charge in [-0.3, -0.25) is 9.59 Å². The van der Waals surface area contributed by atoms with Crippen molar-refractivity contribution in [3.8, 4) is 11.5 Å². The van der Waals surface area contributed by atoms with Crippen LogP contribution in [0.5, 0.6) is 11.5 Å². The number of nitrogens with one attached hydrogen (secondary N) is 1. The number of nitrogens with two attached hydrogens (primary N) is 1. The lowest BCUT2D eigenvalue weighted by molar-refractivity contribution is -0.119. The van der Waals surface area contributed by atoms with Crippen molar-refractivity contribution in [2.75, 3.05) is 13.7 Å². The van der Waals surface area contributed by atoms with Crippen LogP contribution in [0.15, 0.2) is 53.6 Å². The summed E-state index contributed by atoms with van der Waals surface area (Å²) in [6.45, 7) is -0.177. The number of carbonyl (C=O) groups excluding carboxylic acids is 2. The fraction of sp³-hybridized carbons (Fsp3) is 0.118. The molecule has 0 fully saturated rings. The Kier molecular flexibility index (Phi) is 5.90. The Morgan fingerprint density at radius 3 is 2.58 bits per heavy atom. The average molecular weight is 327 g/mol. The maximum Gasteiger partial charge on any atom is 0.271 e. The quantitative estimate of drug-likeness (QED) is 0.591. The van der Waals surface area contributed by atoms with Crippen LogP contribution in [0, 0.1) is 0 Å². The van der Waals surface area contributed by atoms with Gasteiger partial charge >= 0.3 is 0 Å². The number of hydrazone groups is 1. The molecule has 24 heavy (non-hydrogen) atoms. The van der Waals surface area contributed by atoms with E-state index >= 15 is 0 Å². The molecule has 0 atom stereocenters. The van der Waals surface area contributed by atoms with Gasteiger partial charge in [0.1, 0.15) is 11.5 Å². The van der Waals surface area contributed by atoms with Gasteiger partial charge < -0.3 is 15.2 Å². The predicted octanol–water partition coefficient (Wildman–Crippen LogP) is 1.32. The molecule has 2 aromatic rings. The standard InChI is InChI=1S/C17H17N3O4/c1-23-15-4-2-3-13(9-15)17(22)20-19-10-12-5-7-14(8-6-12)24-11-16(18)21/h2-10H,11H2,1H3,(H2,18,21)(H,20,22)/b19-10+. The molecule has 0 aliphatic heterocycles. The molecule has 0 spiro atoms. The van der Waals surface area contributed by atoms with Crippen LogP contribution in [0.2, 0.25) is 0 Å². The highest BCUT2D eigenvalue weighted by Crippen LogP contribution is 2.12. The molecule has 7 nitrogen and oxygen atoms in total. The van der Waals surface area contributed by atoms with Crippen LogP contribution in [0.4, 0.5) is 0 Å². The van der Waals surface area contributed by atoms with Crippen LogP contribution in [-0.2, 0) is 4.79 Å². The zero-order valence-corrected chi connectivity index (χ0v) is 13.1. The Balaban J connectivity index is 1.91. The van der Waals surface area contributed by atoms with Crippen molar-refractivity contribution in [3.63, 3.8) is 0 Å². The first kappa shape index (κ1) is 17.0. The monoisotopic (exact) mass is 327 g/mol. The maximum absolute atomic E-state index is 12.0. The molecular weight excluding hydrogens is 310 g/mol. The molecule has 2 amide bonds. The molecule has 0 heterocycles. The lowest BCUT2D eigenvalue weighted by Crippen LogP contribution is -2.20. The third-order valence-electron chi connectivity index (χ3n) is 2.97. The third-order valence-corrected chi connectivity index (χ3v) is 2.97. The van der Waals surface area contributed by atoms with Crippen molar-refractivity contribution in [3.05, 3.63) is 59.7 Å². The van der Waals surface area contributed by atoms with Gasteiger partial charge in [-0.25, -0.2) is 5.43 Å². The van der Waals surface area contributed by atoms with Crippen molar-refractivity contribution in [2.45, 2.75) is 0 Å². The second-order valence-corrected chi connectivity index (χ2v) is 4.76. The Hall–Kier alpha value is -3.35. The van der Waals surface area contributed by atoms with Crippen LogP contribution in [0.3, 0.4) is 0 Å². The van der Waals surface area contributed by atoms with E-state index < -0.39 is 5.91 Å². The third kappa shape index (κ3) is 5.13. The predicted molar refractivity (Wildman–Crippen MR) is 89.2 cm³/mol. The summed E-state index contributed by atoms with van der Waals surface area (Å²) in [4.78, 5) is 22.6. The molecule has 7 heteroatoms. The van der Waals surface area contributed by atoms with Gasteiger partial charge in [0.15, 0.2) is 6.61 Å². The number of carbonyl (C=O) groups is 2. The molecule has 0 aromatic heterocycles. The van der Waals surface area contributed by atoms with Crippen LogP contribution < -0.4 is 20.6 Å². The molecule has 2 rings (SSSR count). The molecule has 0 saturated heterocycles. The van der Waals surface area contributed by atoms with Crippen LogP contribution in [0.25, 0.3) is 0 Å². The summed E-state index contributed by atoms with van der Waals surface area (Å²) in [6.07, 6.45) is 1.50. The van der Waals surface area contributed by atoms with E-state index in [2.05, 4.69) is 10.5 Å². The van der Waals surface area contributed by atoms with E-state index in [9.17, 15) is 9.59 Å². The number of methoxy groups -OCH3 is 1. The summed E-state index contributed by atoms with van der Waals surface area (Å²) in [5.41, 5.74) is 8.64. The van der Waals surface area contributed by atoms with Gasteiger partial charge in [0, 0.05) is 5.56 Å². The first-order valence-corrected chi connectivity index (χ1v) is 7.07. The van der Waals surface area contributed by atoms with Gasteiger partial charge in [0.05, 0.1) is 13.3 Å². The van der Waals surface area contributed by atoms with Gasteiger partial charge in [-0.1, -0.05) is 6.07 Å². The normalized spacial score (nSPS) is 10.4. The number of primary amides is 1. The van der Waals surface area contributed by atoms with Gasteiger partial charge in [-0.2, -0.15) is 5.10 Å². The summed E-state index contributed by atoms with van der Waals surface area (Å²) >= 11 is 0. The molecule has 124 valence electrons. The lowest BCUT2D eigenvalue weighted by Gasteiger charge is -2.04. The van der Waals surface area contributed by atoms with Crippen molar-refractivity contribution in [1.82, 2.24) is 5.43 Å². The minimum Gasteiger partial charge on any atom is -0.497 e. The molecule has 2 aromatic carbocycles. The highest BCUT2D eigenvalue weighted by atomic mass is 16.5. The smallest absolute Gasteiger partial charge is 0.271 e. The molecule has 3 N–H and O–H groups in total. The van der Waals surface area contributed by atoms with Crippen molar-refractivity contribution in [2.24, 2.45) is 10.8 Å². The lowest BCUT2D eigenvalue weighted by atomic mass is 10.2. The number of benzene rings is 2. The Morgan fingerprint density at radius 1 is 1.17 bits per heavy atom. The molecule has 0 radical (unpaired) electrons. The zero-order chi connectivity index (χ0) is 17.4. The van der Waals surface area contributed by atoms with E-state index in [1.807, 2.05) is 0 Å². The molecule has 0 bridgehead atoms. The van der Waals surface area contributed by atoms with E-state index in [0.717, 1.165) is 5.56 Å². The Labute approximate surface area is 139 Å².